The Bertz CT molecular complexity index is 585. The van der Waals surface area contributed by atoms with E-state index in [-0.39, 0.29) is 6.42 Å². The molecule has 0 bridgehead atoms. The quantitative estimate of drug-likeness (QED) is 0.129. The summed E-state index contributed by atoms with van der Waals surface area (Å²) < 4.78 is 81.9. The summed E-state index contributed by atoms with van der Waals surface area (Å²) in [7, 11) is -2.10. The van der Waals surface area contributed by atoms with Crippen LogP contribution in [0.25, 0.3) is 0 Å². The summed E-state index contributed by atoms with van der Waals surface area (Å²) >= 11 is -1.26. The number of nitrogens with one attached hydrogen (secondary N) is 1. The molecule has 1 unspecified atom stereocenters. The fourth-order valence-electron chi connectivity index (χ4n) is 6.77. The molecule has 206 valence electrons. The summed E-state index contributed by atoms with van der Waals surface area (Å²) in [6.45, 7) is 3.32. The van der Waals surface area contributed by atoms with Crippen LogP contribution < -0.4 is 5.09 Å². The third-order valence-corrected chi connectivity index (χ3v) is 16.5. The van der Waals surface area contributed by atoms with Gasteiger partial charge in [-0.3, -0.25) is 0 Å². The fraction of sp³-hybridized carbons (Fsp3) is 1.00. The molecule has 0 aromatic heterocycles. The molecule has 0 spiro atoms. The third kappa shape index (κ3) is 8.06. The molecule has 0 heterocycles. The van der Waals surface area contributed by atoms with Crippen LogP contribution in [0, 0.1) is 0 Å². The van der Waals surface area contributed by atoms with Gasteiger partial charge in [0.05, 0.1) is 24.4 Å². The van der Waals surface area contributed by atoms with Crippen LogP contribution in [0.1, 0.15) is 117 Å². The van der Waals surface area contributed by atoms with E-state index in [4.69, 9.17) is 0 Å². The lowest BCUT2D eigenvalue weighted by Gasteiger charge is -2.53. The highest BCUT2D eigenvalue weighted by Gasteiger charge is 2.62. The maximum atomic E-state index is 13.6. The molecule has 0 saturated heterocycles. The second-order valence-electron chi connectivity index (χ2n) is 10.8. The van der Waals surface area contributed by atoms with Crippen molar-refractivity contribution >= 4 is 31.3 Å². The van der Waals surface area contributed by atoms with Crippen LogP contribution in [-0.4, -0.2) is 37.4 Å². The minimum atomic E-state index is -4.79. The van der Waals surface area contributed by atoms with Gasteiger partial charge < -0.3 is 0 Å². The molecule has 0 amide bonds. The lowest BCUT2D eigenvalue weighted by Crippen LogP contribution is -2.57. The first-order valence-corrected chi connectivity index (χ1v) is 16.9. The molecule has 35 heavy (non-hydrogen) atoms. The Balaban J connectivity index is 2.08. The lowest BCUT2D eigenvalue weighted by molar-refractivity contribution is -0.0410. The Morgan fingerprint density at radius 1 is 0.657 bits per heavy atom. The number of hydrogen-bond acceptors (Lipinski definition) is 4. The minimum absolute atomic E-state index is 0.174. The zero-order valence-electron chi connectivity index (χ0n) is 21.0. The summed E-state index contributed by atoms with van der Waals surface area (Å²) in [6.07, 6.45) is 16.8. The average molecular weight is 568 g/mol. The van der Waals surface area contributed by atoms with Crippen molar-refractivity contribution in [3.63, 3.8) is 0 Å². The van der Waals surface area contributed by atoms with Gasteiger partial charge in [0, 0.05) is 23.9 Å². The van der Waals surface area contributed by atoms with Gasteiger partial charge in [-0.1, -0.05) is 26.2 Å². The molecule has 3 fully saturated rings. The summed E-state index contributed by atoms with van der Waals surface area (Å²) in [5.41, 5.74) is -9.79. The third-order valence-electron chi connectivity index (χ3n) is 8.44. The lowest BCUT2D eigenvalue weighted by atomic mass is 9.99. The van der Waals surface area contributed by atoms with Gasteiger partial charge in [0.1, 0.15) is 5.66 Å². The number of rotatable bonds is 9. The molecule has 0 aromatic carbocycles. The van der Waals surface area contributed by atoms with Crippen LogP contribution in [0.15, 0.2) is 0 Å². The minimum Gasteiger partial charge on any atom is -0.170 e. The number of nitrogens with zero attached hydrogens (tertiary/aromatic N) is 1. The van der Waals surface area contributed by atoms with Gasteiger partial charge in [-0.15, -0.1) is 0 Å². The first-order valence-electron chi connectivity index (χ1n) is 13.4. The number of alkyl halides is 6. The van der Waals surface area contributed by atoms with Gasteiger partial charge in [-0.05, 0) is 90.4 Å². The predicted octanol–water partition coefficient (Wildman–Crippen LogP) is 10.3. The first-order chi connectivity index (χ1) is 16.4. The second-order valence-corrected chi connectivity index (χ2v) is 17.1. The van der Waals surface area contributed by atoms with Crippen molar-refractivity contribution in [3.8, 4) is 0 Å². The van der Waals surface area contributed by atoms with Gasteiger partial charge in [-0.2, -0.15) is 35.1 Å². The molecular weight excluding hydrogens is 525 g/mol. The fourth-order valence-corrected chi connectivity index (χ4v) is 15.8. The predicted molar refractivity (Wildman–Crippen MR) is 139 cm³/mol. The van der Waals surface area contributed by atoms with Crippen LogP contribution >= 0.6 is 31.3 Å². The Morgan fingerprint density at radius 2 is 0.971 bits per heavy atom. The van der Waals surface area contributed by atoms with Gasteiger partial charge >= 0.3 is 11.0 Å². The maximum absolute atomic E-state index is 13.6. The van der Waals surface area contributed by atoms with E-state index in [1.54, 1.807) is 13.8 Å². The molecule has 0 aromatic rings. The van der Waals surface area contributed by atoms with Crippen molar-refractivity contribution in [1.82, 2.24) is 8.80 Å². The van der Waals surface area contributed by atoms with E-state index in [0.29, 0.717) is 20.7 Å². The van der Waals surface area contributed by atoms with Crippen molar-refractivity contribution in [2.45, 2.75) is 150 Å². The zero-order valence-corrected chi connectivity index (χ0v) is 23.6. The Morgan fingerprint density at radius 3 is 1.23 bits per heavy atom. The maximum Gasteiger partial charge on any atom is 0.457 e. The zero-order chi connectivity index (χ0) is 25.7. The molecule has 11 heteroatoms. The molecule has 3 rings (SSSR count). The molecule has 0 radical (unpaired) electrons. The molecule has 3 saturated carbocycles. The molecule has 1 atom stereocenters. The molecular formula is C24H42F6N2PS2+. The van der Waals surface area contributed by atoms with Crippen LogP contribution in [-0.2, 0) is 0 Å². The van der Waals surface area contributed by atoms with Crippen LogP contribution in [0.3, 0.4) is 0 Å². The summed E-state index contributed by atoms with van der Waals surface area (Å²) in [5.74, 6) is 0. The van der Waals surface area contributed by atoms with Crippen molar-refractivity contribution < 1.29 is 26.3 Å². The highest BCUT2D eigenvalue weighted by Crippen LogP contribution is 2.76. The van der Waals surface area contributed by atoms with E-state index < -0.39 is 48.0 Å². The molecule has 3 aliphatic rings. The molecule has 1 N–H and O–H groups in total. The second kappa shape index (κ2) is 12.7. The van der Waals surface area contributed by atoms with Crippen molar-refractivity contribution in [2.24, 2.45) is 0 Å². The van der Waals surface area contributed by atoms with E-state index in [1.807, 2.05) is 0 Å². The van der Waals surface area contributed by atoms with Crippen LogP contribution in [0.4, 0.5) is 26.3 Å². The van der Waals surface area contributed by atoms with E-state index in [2.05, 4.69) is 5.09 Å². The Hall–Kier alpha value is 0.630. The van der Waals surface area contributed by atoms with Crippen molar-refractivity contribution in [2.75, 3.05) is 0 Å². The highest BCUT2D eigenvalue weighted by molar-refractivity contribution is 8.12. The number of halogens is 6. The smallest absolute Gasteiger partial charge is 0.170 e. The van der Waals surface area contributed by atoms with E-state index >= 15 is 0 Å². The highest BCUT2D eigenvalue weighted by atomic mass is 32.2. The van der Waals surface area contributed by atoms with Gasteiger partial charge in [0.15, 0.2) is 0 Å². The van der Waals surface area contributed by atoms with Crippen LogP contribution in [0.5, 0.6) is 0 Å². The SMILES string of the molecule is CCC(C)(N[P+](C1CCCCC1)(C1CCCCC1)C1CCCCC1)N(SC(F)(F)F)SC(F)(F)F. The van der Waals surface area contributed by atoms with Gasteiger partial charge in [-0.25, -0.2) is 0 Å². The number of hydrogen-bond donors (Lipinski definition) is 1. The van der Waals surface area contributed by atoms with E-state index in [9.17, 15) is 26.3 Å². The largest absolute Gasteiger partial charge is 0.457 e. The Labute approximate surface area is 216 Å². The standard InChI is InChI=1S/C24H42F6N2PS2/c1-3-22(2,32(34-23(25,26)27)35-24(28,29)30)31-33(19-13-7-4-8-14-19,20-15-9-5-10-16-20)21-17-11-6-12-18-21/h19-21,31H,3-18H2,1-2H3/q+1. The van der Waals surface area contributed by atoms with Crippen molar-refractivity contribution in [1.29, 1.82) is 0 Å². The molecule has 0 aliphatic heterocycles. The molecule has 3 aliphatic carbocycles. The van der Waals surface area contributed by atoms with Crippen molar-refractivity contribution in [3.05, 3.63) is 0 Å². The van der Waals surface area contributed by atoms with E-state index in [1.165, 1.54) is 19.3 Å². The molecule has 2 nitrogen and oxygen atoms in total. The topological polar surface area (TPSA) is 15.3 Å². The normalized spacial score (nSPS) is 24.6. The summed E-state index contributed by atoms with van der Waals surface area (Å²) in [4.78, 5) is 0. The summed E-state index contributed by atoms with van der Waals surface area (Å²) in [6, 6.07) is 0. The van der Waals surface area contributed by atoms with E-state index in [0.717, 1.165) is 77.0 Å². The van der Waals surface area contributed by atoms with Crippen LogP contribution in [0.2, 0.25) is 0 Å². The average Bonchev–Trinajstić information content (AvgIpc) is 2.82. The van der Waals surface area contributed by atoms with Gasteiger partial charge in [0.2, 0.25) is 0 Å². The Kier molecular flexibility index (Phi) is 10.9. The first kappa shape index (κ1) is 30.2. The summed E-state index contributed by atoms with van der Waals surface area (Å²) in [5, 5.41) is 3.84. The van der Waals surface area contributed by atoms with Gasteiger partial charge in [0.25, 0.3) is 0 Å². The monoisotopic (exact) mass is 567 g/mol.